The van der Waals surface area contributed by atoms with Crippen LogP contribution in [-0.4, -0.2) is 61.9 Å². The molecule has 0 aliphatic heterocycles. The molecule has 0 radical (unpaired) electrons. The van der Waals surface area contributed by atoms with Crippen LogP contribution < -0.4 is 20.1 Å². The number of amides is 2. The fourth-order valence-electron chi connectivity index (χ4n) is 5.07. The van der Waals surface area contributed by atoms with Gasteiger partial charge in [-0.25, -0.2) is 4.39 Å². The minimum atomic E-state index is -0.849. The first-order valence-corrected chi connectivity index (χ1v) is 13.2. The van der Waals surface area contributed by atoms with Gasteiger partial charge in [0.15, 0.2) is 11.6 Å². The number of carboxylic acid groups (broad SMARTS) is 1. The third-order valence-electron chi connectivity index (χ3n) is 7.64. The Morgan fingerprint density at radius 2 is 1.74 bits per heavy atom. The maximum atomic E-state index is 14.9. The average Bonchev–Trinajstić information content (AvgIpc) is 3.27. The highest BCUT2D eigenvalue weighted by molar-refractivity contribution is 5.98. The maximum Gasteiger partial charge on any atom is 0.309 e. The van der Waals surface area contributed by atoms with Crippen LogP contribution in [0.25, 0.3) is 0 Å². The van der Waals surface area contributed by atoms with Crippen LogP contribution >= 0.6 is 0 Å². The van der Waals surface area contributed by atoms with Crippen molar-refractivity contribution in [3.8, 4) is 11.5 Å². The molecule has 2 amide bonds. The lowest BCUT2D eigenvalue weighted by Crippen LogP contribution is -2.45. The summed E-state index contributed by atoms with van der Waals surface area (Å²) in [7, 11) is 2.93. The van der Waals surface area contributed by atoms with E-state index < -0.39 is 35.1 Å². The maximum absolute atomic E-state index is 14.9. The summed E-state index contributed by atoms with van der Waals surface area (Å²) in [6, 6.07) is 1.94. The fourth-order valence-corrected chi connectivity index (χ4v) is 5.07. The Morgan fingerprint density at radius 1 is 1.08 bits per heavy atom. The molecular formula is C28H41FN2O7. The van der Waals surface area contributed by atoms with Gasteiger partial charge in [-0.2, -0.15) is 0 Å². The van der Waals surface area contributed by atoms with Crippen molar-refractivity contribution in [1.29, 1.82) is 0 Å². The lowest BCUT2D eigenvalue weighted by atomic mass is 9.75. The van der Waals surface area contributed by atoms with Gasteiger partial charge in [0.2, 0.25) is 5.91 Å². The van der Waals surface area contributed by atoms with Gasteiger partial charge >= 0.3 is 5.97 Å². The van der Waals surface area contributed by atoms with E-state index in [2.05, 4.69) is 10.6 Å². The van der Waals surface area contributed by atoms with E-state index in [1.54, 1.807) is 14.0 Å². The molecule has 1 aromatic rings. The molecule has 2 saturated carbocycles. The van der Waals surface area contributed by atoms with Crippen molar-refractivity contribution in [3.63, 3.8) is 0 Å². The Bertz CT molecular complexity index is 1030. The number of rotatable bonds is 9. The summed E-state index contributed by atoms with van der Waals surface area (Å²) in [4.78, 5) is 37.9. The van der Waals surface area contributed by atoms with E-state index in [1.165, 1.54) is 13.2 Å². The van der Waals surface area contributed by atoms with Crippen molar-refractivity contribution in [3.05, 3.63) is 23.5 Å². The van der Waals surface area contributed by atoms with E-state index in [9.17, 15) is 23.9 Å². The summed E-state index contributed by atoms with van der Waals surface area (Å²) in [5.41, 5.74) is -0.818. The van der Waals surface area contributed by atoms with Crippen LogP contribution in [0.2, 0.25) is 0 Å². The Kier molecular flexibility index (Phi) is 9.28. The molecule has 0 aromatic heterocycles. The zero-order valence-electron chi connectivity index (χ0n) is 23.2. The average molecular weight is 537 g/mol. The predicted molar refractivity (Wildman–Crippen MR) is 139 cm³/mol. The molecule has 0 spiro atoms. The number of methoxy groups -OCH3 is 2. The Morgan fingerprint density at radius 3 is 2.29 bits per heavy atom. The van der Waals surface area contributed by atoms with Gasteiger partial charge in [-0.3, -0.25) is 14.4 Å². The number of ether oxygens (including phenoxy) is 3. The van der Waals surface area contributed by atoms with Crippen molar-refractivity contribution in [2.75, 3.05) is 20.8 Å². The van der Waals surface area contributed by atoms with E-state index >= 15 is 0 Å². The number of benzene rings is 1. The number of aliphatic carboxylic acids is 1. The van der Waals surface area contributed by atoms with Crippen LogP contribution in [0, 0.1) is 22.6 Å². The highest BCUT2D eigenvalue weighted by atomic mass is 19.1. The van der Waals surface area contributed by atoms with Crippen LogP contribution in [0.5, 0.6) is 11.5 Å². The van der Waals surface area contributed by atoms with Gasteiger partial charge in [0.1, 0.15) is 5.75 Å². The normalized spacial score (nSPS) is 27.4. The van der Waals surface area contributed by atoms with Gasteiger partial charge < -0.3 is 30.0 Å². The first kappa shape index (κ1) is 29.7. The Labute approximate surface area is 223 Å². The number of hydrogen-bond acceptors (Lipinski definition) is 6. The van der Waals surface area contributed by atoms with Crippen molar-refractivity contribution in [2.45, 2.75) is 84.5 Å². The summed E-state index contributed by atoms with van der Waals surface area (Å²) < 4.78 is 31.5. The van der Waals surface area contributed by atoms with E-state index in [0.29, 0.717) is 45.1 Å². The molecule has 3 N–H and O–H groups in total. The summed E-state index contributed by atoms with van der Waals surface area (Å²) >= 11 is 0. The van der Waals surface area contributed by atoms with Crippen LogP contribution in [0.1, 0.15) is 76.6 Å². The molecule has 0 saturated heterocycles. The SMILES string of the molecule is COc1cc(F)c(OC2CCC(C)(C(=O)O)CC2)cc1C(=O)N[C@@H]1C[C@@H](OC)C[C@@H]1C(=O)NCC(C)(C)C. The van der Waals surface area contributed by atoms with Gasteiger partial charge in [-0.1, -0.05) is 20.8 Å². The smallest absolute Gasteiger partial charge is 0.309 e. The molecular weight excluding hydrogens is 495 g/mol. The third kappa shape index (κ3) is 7.15. The van der Waals surface area contributed by atoms with Crippen LogP contribution in [0.3, 0.4) is 0 Å². The van der Waals surface area contributed by atoms with Gasteiger partial charge in [0.05, 0.1) is 36.2 Å². The van der Waals surface area contributed by atoms with Crippen molar-refractivity contribution in [1.82, 2.24) is 10.6 Å². The minimum Gasteiger partial charge on any atom is -0.496 e. The standard InChI is InChI=1S/C28H41FN2O7/c1-27(2,3)15-30-24(32)18-11-17(36-5)12-21(18)31-25(33)19-13-23(20(29)14-22(19)37-6)38-16-7-9-28(4,10-8-16)26(34)35/h13-14,16-18,21H,7-12,15H2,1-6H3,(H,30,32)(H,31,33)(H,34,35)/t16?,17-,18-,21+,28?/m0/s1. The zero-order chi connectivity index (χ0) is 28.3. The number of nitrogens with one attached hydrogen (secondary N) is 2. The van der Waals surface area contributed by atoms with Crippen LogP contribution in [0.4, 0.5) is 4.39 Å². The van der Waals surface area contributed by atoms with E-state index in [1.807, 2.05) is 20.8 Å². The zero-order valence-corrected chi connectivity index (χ0v) is 23.2. The summed E-state index contributed by atoms with van der Waals surface area (Å²) in [6.07, 6.45) is 2.15. The van der Waals surface area contributed by atoms with Crippen LogP contribution in [0.15, 0.2) is 12.1 Å². The van der Waals surface area contributed by atoms with Gasteiger partial charge in [-0.05, 0) is 56.9 Å². The largest absolute Gasteiger partial charge is 0.496 e. The first-order valence-electron chi connectivity index (χ1n) is 13.2. The lowest BCUT2D eigenvalue weighted by Gasteiger charge is -2.34. The number of carboxylic acids is 1. The minimum absolute atomic E-state index is 0.0458. The number of carbonyl (C=O) groups is 3. The molecule has 0 heterocycles. The molecule has 2 fully saturated rings. The second-order valence-electron chi connectivity index (χ2n) is 12.0. The quantitative estimate of drug-likeness (QED) is 0.437. The molecule has 3 rings (SSSR count). The lowest BCUT2D eigenvalue weighted by molar-refractivity contribution is -0.150. The van der Waals surface area contributed by atoms with Crippen molar-refractivity contribution in [2.24, 2.45) is 16.7 Å². The molecule has 212 valence electrons. The molecule has 0 bridgehead atoms. The molecule has 2 aliphatic rings. The number of halogens is 1. The summed E-state index contributed by atoms with van der Waals surface area (Å²) in [5.74, 6) is -2.71. The van der Waals surface area contributed by atoms with Gasteiger partial charge in [-0.15, -0.1) is 0 Å². The summed E-state index contributed by atoms with van der Waals surface area (Å²) in [5, 5.41) is 15.4. The summed E-state index contributed by atoms with van der Waals surface area (Å²) in [6.45, 7) is 8.28. The second kappa shape index (κ2) is 11.9. The molecule has 3 atom stereocenters. The molecule has 38 heavy (non-hydrogen) atoms. The molecule has 10 heteroatoms. The Hall–Kier alpha value is -2.88. The highest BCUT2D eigenvalue weighted by Gasteiger charge is 2.41. The van der Waals surface area contributed by atoms with Gasteiger partial charge in [0.25, 0.3) is 5.91 Å². The second-order valence-corrected chi connectivity index (χ2v) is 12.0. The highest BCUT2D eigenvalue weighted by Crippen LogP contribution is 2.39. The predicted octanol–water partition coefficient (Wildman–Crippen LogP) is 3.93. The molecule has 2 aliphatic carbocycles. The molecule has 1 aromatic carbocycles. The Balaban J connectivity index is 1.75. The van der Waals surface area contributed by atoms with Crippen molar-refractivity contribution < 1.29 is 38.1 Å². The fraction of sp³-hybridized carbons (Fsp3) is 0.679. The monoisotopic (exact) mass is 536 g/mol. The molecule has 0 unspecified atom stereocenters. The molecule has 9 nitrogen and oxygen atoms in total. The van der Waals surface area contributed by atoms with E-state index in [4.69, 9.17) is 14.2 Å². The van der Waals surface area contributed by atoms with E-state index in [-0.39, 0.29) is 40.6 Å². The van der Waals surface area contributed by atoms with Crippen molar-refractivity contribution >= 4 is 17.8 Å². The van der Waals surface area contributed by atoms with Gasteiger partial charge in [0, 0.05) is 25.8 Å². The first-order chi connectivity index (χ1) is 17.8. The van der Waals surface area contributed by atoms with E-state index in [0.717, 1.165) is 6.07 Å². The topological polar surface area (TPSA) is 123 Å². The third-order valence-corrected chi connectivity index (χ3v) is 7.64. The number of carbonyl (C=O) groups excluding carboxylic acids is 2. The van der Waals surface area contributed by atoms with Crippen LogP contribution in [-0.2, 0) is 14.3 Å². The number of hydrogen-bond donors (Lipinski definition) is 3.